The molecular weight excluding hydrogens is 246 g/mol. The number of furan rings is 1. The summed E-state index contributed by atoms with van der Waals surface area (Å²) in [5.74, 6) is 0.156. The van der Waals surface area contributed by atoms with Crippen molar-refractivity contribution in [2.75, 3.05) is 12.4 Å². The fourth-order valence-electron chi connectivity index (χ4n) is 1.73. The quantitative estimate of drug-likeness (QED) is 0.865. The molecule has 0 aliphatic rings. The molecule has 1 aromatic heterocycles. The molecule has 5 nitrogen and oxygen atoms in total. The highest BCUT2D eigenvalue weighted by Gasteiger charge is 2.09. The van der Waals surface area contributed by atoms with Crippen molar-refractivity contribution in [1.29, 1.82) is 0 Å². The van der Waals surface area contributed by atoms with Crippen LogP contribution in [0.2, 0.25) is 0 Å². The normalized spacial score (nSPS) is 10.2. The van der Waals surface area contributed by atoms with Crippen LogP contribution in [0.1, 0.15) is 21.9 Å². The Kier molecular flexibility index (Phi) is 3.75. The smallest absolute Gasteiger partial charge is 0.371 e. The van der Waals surface area contributed by atoms with Gasteiger partial charge in [-0.2, -0.15) is 0 Å². The summed E-state index contributed by atoms with van der Waals surface area (Å²) < 4.78 is 10.4. The Labute approximate surface area is 110 Å². The molecule has 0 radical (unpaired) electrons. The zero-order valence-corrected chi connectivity index (χ0v) is 10.8. The maximum atomic E-state index is 10.7. The molecule has 0 saturated heterocycles. The van der Waals surface area contributed by atoms with E-state index in [-0.39, 0.29) is 5.76 Å². The molecule has 2 N–H and O–H groups in total. The third-order valence-electron chi connectivity index (χ3n) is 2.68. The van der Waals surface area contributed by atoms with E-state index in [0.29, 0.717) is 12.3 Å². The van der Waals surface area contributed by atoms with Crippen LogP contribution >= 0.6 is 0 Å². The maximum Gasteiger partial charge on any atom is 0.371 e. The zero-order valence-electron chi connectivity index (χ0n) is 10.8. The van der Waals surface area contributed by atoms with Crippen molar-refractivity contribution in [3.8, 4) is 5.75 Å². The number of carboxylic acid groups (broad SMARTS) is 1. The number of rotatable bonds is 5. The van der Waals surface area contributed by atoms with Crippen LogP contribution in [-0.4, -0.2) is 18.2 Å². The topological polar surface area (TPSA) is 71.7 Å². The van der Waals surface area contributed by atoms with Crippen molar-refractivity contribution < 1.29 is 19.1 Å². The Balaban J connectivity index is 2.09. The van der Waals surface area contributed by atoms with Crippen molar-refractivity contribution >= 4 is 11.7 Å². The van der Waals surface area contributed by atoms with Gasteiger partial charge in [0.05, 0.1) is 19.3 Å². The van der Waals surface area contributed by atoms with Gasteiger partial charge in [0.2, 0.25) is 5.76 Å². The Hall–Kier alpha value is -2.43. The third kappa shape index (κ3) is 3.07. The standard InChI is InChI=1S/C14H15NO4/c1-9-3-5-12(18-2)11(7-9)15-8-10-4-6-13(19-10)14(16)17/h3-7,15H,8H2,1-2H3,(H,16,17). The number of ether oxygens (including phenoxy) is 1. The first-order valence-electron chi connectivity index (χ1n) is 5.80. The van der Waals surface area contributed by atoms with E-state index in [1.54, 1.807) is 13.2 Å². The number of anilines is 1. The molecule has 0 saturated carbocycles. The van der Waals surface area contributed by atoms with Crippen LogP contribution in [0, 0.1) is 6.92 Å². The fourth-order valence-corrected chi connectivity index (χ4v) is 1.73. The Bertz CT molecular complexity index is 589. The van der Waals surface area contributed by atoms with Gasteiger partial charge < -0.3 is 19.6 Å². The van der Waals surface area contributed by atoms with E-state index in [1.165, 1.54) is 6.07 Å². The molecule has 0 bridgehead atoms. The van der Waals surface area contributed by atoms with Gasteiger partial charge in [0.25, 0.3) is 0 Å². The van der Waals surface area contributed by atoms with Gasteiger partial charge in [0.15, 0.2) is 0 Å². The number of methoxy groups -OCH3 is 1. The van der Waals surface area contributed by atoms with Crippen LogP contribution in [0.5, 0.6) is 5.75 Å². The summed E-state index contributed by atoms with van der Waals surface area (Å²) in [6.07, 6.45) is 0. The first-order valence-corrected chi connectivity index (χ1v) is 5.80. The average Bonchev–Trinajstić information content (AvgIpc) is 2.85. The molecule has 0 unspecified atom stereocenters. The molecule has 2 aromatic rings. The Morgan fingerprint density at radius 2 is 2.16 bits per heavy atom. The summed E-state index contributed by atoms with van der Waals surface area (Å²) in [5.41, 5.74) is 1.95. The molecule has 0 aliphatic heterocycles. The van der Waals surface area contributed by atoms with E-state index in [0.717, 1.165) is 17.0 Å². The molecular formula is C14H15NO4. The largest absolute Gasteiger partial charge is 0.495 e. The van der Waals surface area contributed by atoms with Crippen LogP contribution < -0.4 is 10.1 Å². The van der Waals surface area contributed by atoms with Gasteiger partial charge >= 0.3 is 5.97 Å². The molecule has 0 spiro atoms. The minimum Gasteiger partial charge on any atom is -0.495 e. The van der Waals surface area contributed by atoms with Crippen molar-refractivity contribution in [1.82, 2.24) is 0 Å². The third-order valence-corrected chi connectivity index (χ3v) is 2.68. The van der Waals surface area contributed by atoms with E-state index < -0.39 is 5.97 Å². The molecule has 19 heavy (non-hydrogen) atoms. The predicted molar refractivity (Wildman–Crippen MR) is 70.7 cm³/mol. The van der Waals surface area contributed by atoms with Crippen molar-refractivity contribution in [2.24, 2.45) is 0 Å². The first kappa shape index (κ1) is 13.0. The Morgan fingerprint density at radius 1 is 1.37 bits per heavy atom. The summed E-state index contributed by atoms with van der Waals surface area (Å²) in [4.78, 5) is 10.7. The number of benzene rings is 1. The lowest BCUT2D eigenvalue weighted by atomic mass is 10.2. The second-order valence-electron chi connectivity index (χ2n) is 4.13. The van der Waals surface area contributed by atoms with Crippen molar-refractivity contribution in [2.45, 2.75) is 13.5 Å². The SMILES string of the molecule is COc1ccc(C)cc1NCc1ccc(C(=O)O)o1. The Morgan fingerprint density at radius 3 is 2.79 bits per heavy atom. The molecule has 1 aromatic carbocycles. The summed E-state index contributed by atoms with van der Waals surface area (Å²) in [6, 6.07) is 8.87. The summed E-state index contributed by atoms with van der Waals surface area (Å²) in [6.45, 7) is 2.38. The lowest BCUT2D eigenvalue weighted by Gasteiger charge is -2.10. The average molecular weight is 261 g/mol. The van der Waals surface area contributed by atoms with Crippen LogP contribution in [-0.2, 0) is 6.54 Å². The van der Waals surface area contributed by atoms with Gasteiger partial charge in [0.1, 0.15) is 11.5 Å². The van der Waals surface area contributed by atoms with Gasteiger partial charge in [-0.15, -0.1) is 0 Å². The highest BCUT2D eigenvalue weighted by atomic mass is 16.5. The number of carbonyl (C=O) groups is 1. The lowest BCUT2D eigenvalue weighted by Crippen LogP contribution is -2.01. The van der Waals surface area contributed by atoms with Gasteiger partial charge in [-0.05, 0) is 36.8 Å². The van der Waals surface area contributed by atoms with Crippen LogP contribution in [0.3, 0.4) is 0 Å². The van der Waals surface area contributed by atoms with E-state index >= 15 is 0 Å². The number of aromatic carboxylic acids is 1. The number of hydrogen-bond donors (Lipinski definition) is 2. The first-order chi connectivity index (χ1) is 9.10. The van der Waals surface area contributed by atoms with E-state index in [2.05, 4.69) is 5.32 Å². The van der Waals surface area contributed by atoms with E-state index in [4.69, 9.17) is 14.3 Å². The maximum absolute atomic E-state index is 10.7. The molecule has 0 fully saturated rings. The van der Waals surface area contributed by atoms with Gasteiger partial charge in [-0.1, -0.05) is 6.07 Å². The van der Waals surface area contributed by atoms with E-state index in [9.17, 15) is 4.79 Å². The van der Waals surface area contributed by atoms with Gasteiger partial charge in [-0.25, -0.2) is 4.79 Å². The van der Waals surface area contributed by atoms with Gasteiger partial charge in [-0.3, -0.25) is 0 Å². The van der Waals surface area contributed by atoms with Crippen LogP contribution in [0.25, 0.3) is 0 Å². The minimum absolute atomic E-state index is 0.0620. The second kappa shape index (κ2) is 5.48. The number of aryl methyl sites for hydroxylation is 1. The highest BCUT2D eigenvalue weighted by Crippen LogP contribution is 2.25. The lowest BCUT2D eigenvalue weighted by molar-refractivity contribution is 0.0660. The molecule has 0 atom stereocenters. The molecule has 5 heteroatoms. The summed E-state index contributed by atoms with van der Waals surface area (Å²) in [7, 11) is 1.60. The van der Waals surface area contributed by atoms with Crippen molar-refractivity contribution in [3.63, 3.8) is 0 Å². The molecule has 100 valence electrons. The van der Waals surface area contributed by atoms with Crippen molar-refractivity contribution in [3.05, 3.63) is 47.4 Å². The number of carboxylic acids is 1. The van der Waals surface area contributed by atoms with Crippen LogP contribution in [0.15, 0.2) is 34.7 Å². The second-order valence-corrected chi connectivity index (χ2v) is 4.13. The molecule has 2 rings (SSSR count). The summed E-state index contributed by atoms with van der Waals surface area (Å²) in [5, 5.41) is 11.9. The fraction of sp³-hybridized carbons (Fsp3) is 0.214. The highest BCUT2D eigenvalue weighted by molar-refractivity contribution is 5.84. The molecule has 1 heterocycles. The van der Waals surface area contributed by atoms with Gasteiger partial charge in [0, 0.05) is 0 Å². The zero-order chi connectivity index (χ0) is 13.8. The number of nitrogens with one attached hydrogen (secondary N) is 1. The predicted octanol–water partition coefficient (Wildman–Crippen LogP) is 2.91. The monoisotopic (exact) mass is 261 g/mol. The summed E-state index contributed by atoms with van der Waals surface area (Å²) >= 11 is 0. The van der Waals surface area contributed by atoms with Crippen LogP contribution in [0.4, 0.5) is 5.69 Å². The van der Waals surface area contributed by atoms with E-state index in [1.807, 2.05) is 25.1 Å². The molecule has 0 aliphatic carbocycles. The number of hydrogen-bond acceptors (Lipinski definition) is 4. The minimum atomic E-state index is -1.07. The molecule has 0 amide bonds.